The number of carbonyl (C=O) groups is 2. The zero-order valence-electron chi connectivity index (χ0n) is 12.3. The van der Waals surface area contributed by atoms with Crippen LogP contribution in [0, 0.1) is 6.92 Å². The van der Waals surface area contributed by atoms with E-state index in [0.29, 0.717) is 11.3 Å². The fraction of sp³-hybridized carbons (Fsp3) is 0.176. The van der Waals surface area contributed by atoms with E-state index in [9.17, 15) is 9.59 Å². The van der Waals surface area contributed by atoms with Crippen LogP contribution in [0.3, 0.4) is 0 Å². The maximum Gasteiger partial charge on any atom is 0.338 e. The summed E-state index contributed by atoms with van der Waals surface area (Å²) in [7, 11) is 0. The highest BCUT2D eigenvalue weighted by Gasteiger charge is 2.19. The standard InChI is InChI=1S/C17H16BrNO3/c1-11-5-3-8-15(9-11)19-16(20)12(2)22-17(21)13-6-4-7-14(18)10-13/h3-10,12H,1-2H3,(H,19,20)/t12-/m1/s1. The number of ether oxygens (including phenoxy) is 1. The summed E-state index contributed by atoms with van der Waals surface area (Å²) in [6, 6.07) is 14.2. The number of nitrogens with one attached hydrogen (secondary N) is 1. The monoisotopic (exact) mass is 361 g/mol. The number of benzene rings is 2. The third kappa shape index (κ3) is 4.43. The normalized spacial score (nSPS) is 11.6. The predicted molar refractivity (Wildman–Crippen MR) is 88.8 cm³/mol. The van der Waals surface area contributed by atoms with E-state index >= 15 is 0 Å². The Morgan fingerprint density at radius 2 is 1.86 bits per heavy atom. The van der Waals surface area contributed by atoms with Gasteiger partial charge in [0.15, 0.2) is 6.10 Å². The number of anilines is 1. The van der Waals surface area contributed by atoms with Crippen LogP contribution >= 0.6 is 15.9 Å². The van der Waals surface area contributed by atoms with E-state index in [2.05, 4.69) is 21.2 Å². The highest BCUT2D eigenvalue weighted by Crippen LogP contribution is 2.14. The van der Waals surface area contributed by atoms with Gasteiger partial charge >= 0.3 is 5.97 Å². The van der Waals surface area contributed by atoms with Crippen molar-refractivity contribution in [2.75, 3.05) is 5.32 Å². The Morgan fingerprint density at radius 3 is 2.55 bits per heavy atom. The number of esters is 1. The van der Waals surface area contributed by atoms with E-state index in [4.69, 9.17) is 4.74 Å². The third-order valence-corrected chi connectivity index (χ3v) is 3.49. The van der Waals surface area contributed by atoms with Crippen molar-refractivity contribution in [3.05, 3.63) is 64.1 Å². The van der Waals surface area contributed by atoms with Crippen LogP contribution in [-0.4, -0.2) is 18.0 Å². The fourth-order valence-electron chi connectivity index (χ4n) is 1.86. The zero-order chi connectivity index (χ0) is 16.1. The Kier molecular flexibility index (Phi) is 5.33. The number of hydrogen-bond donors (Lipinski definition) is 1. The number of hydrogen-bond acceptors (Lipinski definition) is 3. The first-order valence-corrected chi connectivity index (χ1v) is 7.59. The molecule has 1 amide bonds. The van der Waals surface area contributed by atoms with Crippen LogP contribution in [0.25, 0.3) is 0 Å². The van der Waals surface area contributed by atoms with Crippen LogP contribution in [0.2, 0.25) is 0 Å². The zero-order valence-corrected chi connectivity index (χ0v) is 13.9. The van der Waals surface area contributed by atoms with Crippen LogP contribution in [0.5, 0.6) is 0 Å². The first-order valence-electron chi connectivity index (χ1n) is 6.80. The van der Waals surface area contributed by atoms with Crippen molar-refractivity contribution in [1.29, 1.82) is 0 Å². The van der Waals surface area contributed by atoms with Gasteiger partial charge in [-0.25, -0.2) is 4.79 Å². The molecule has 0 saturated heterocycles. The van der Waals surface area contributed by atoms with Gasteiger partial charge in [-0.1, -0.05) is 34.1 Å². The second-order valence-corrected chi connectivity index (χ2v) is 5.83. The molecule has 0 fully saturated rings. The second kappa shape index (κ2) is 7.22. The molecule has 0 aliphatic heterocycles. The molecule has 1 N–H and O–H groups in total. The molecule has 0 saturated carbocycles. The van der Waals surface area contributed by atoms with Gasteiger partial charge in [-0.15, -0.1) is 0 Å². The number of carbonyl (C=O) groups excluding carboxylic acids is 2. The molecule has 0 bridgehead atoms. The van der Waals surface area contributed by atoms with Crippen LogP contribution in [0.15, 0.2) is 53.0 Å². The van der Waals surface area contributed by atoms with Crippen molar-refractivity contribution in [2.45, 2.75) is 20.0 Å². The molecule has 0 aromatic heterocycles. The van der Waals surface area contributed by atoms with Crippen LogP contribution < -0.4 is 5.32 Å². The van der Waals surface area contributed by atoms with E-state index in [-0.39, 0.29) is 5.91 Å². The fourth-order valence-corrected chi connectivity index (χ4v) is 2.26. The number of aryl methyl sites for hydroxylation is 1. The van der Waals surface area contributed by atoms with Crippen LogP contribution in [0.4, 0.5) is 5.69 Å². The summed E-state index contributed by atoms with van der Waals surface area (Å²) < 4.78 is 5.96. The average Bonchev–Trinajstić information content (AvgIpc) is 2.47. The highest BCUT2D eigenvalue weighted by molar-refractivity contribution is 9.10. The van der Waals surface area contributed by atoms with Gasteiger partial charge in [0.05, 0.1) is 5.56 Å². The Morgan fingerprint density at radius 1 is 1.14 bits per heavy atom. The Balaban J connectivity index is 1.98. The SMILES string of the molecule is Cc1cccc(NC(=O)[C@@H](C)OC(=O)c2cccc(Br)c2)c1. The predicted octanol–water partition coefficient (Wildman–Crippen LogP) is 3.94. The smallest absolute Gasteiger partial charge is 0.338 e. The van der Waals surface area contributed by atoms with Crippen molar-refractivity contribution < 1.29 is 14.3 Å². The minimum Gasteiger partial charge on any atom is -0.449 e. The van der Waals surface area contributed by atoms with Gasteiger partial charge in [0.2, 0.25) is 0 Å². The van der Waals surface area contributed by atoms with E-state index in [1.807, 2.05) is 31.2 Å². The second-order valence-electron chi connectivity index (χ2n) is 4.92. The van der Waals surface area contributed by atoms with Gasteiger partial charge < -0.3 is 10.1 Å². The molecule has 5 heteroatoms. The van der Waals surface area contributed by atoms with Crippen molar-refractivity contribution in [1.82, 2.24) is 0 Å². The van der Waals surface area contributed by atoms with Crippen molar-refractivity contribution in [2.24, 2.45) is 0 Å². The summed E-state index contributed by atoms with van der Waals surface area (Å²) in [4.78, 5) is 24.1. The molecule has 1 atom stereocenters. The molecular weight excluding hydrogens is 346 g/mol. The maximum absolute atomic E-state index is 12.1. The van der Waals surface area contributed by atoms with Gasteiger partial charge in [0.25, 0.3) is 5.91 Å². The van der Waals surface area contributed by atoms with Gasteiger partial charge in [0.1, 0.15) is 0 Å². The third-order valence-electron chi connectivity index (χ3n) is 3.00. The topological polar surface area (TPSA) is 55.4 Å². The van der Waals surface area contributed by atoms with E-state index in [1.165, 1.54) is 0 Å². The molecular formula is C17H16BrNO3. The number of amides is 1. The lowest BCUT2D eigenvalue weighted by Crippen LogP contribution is -2.30. The molecule has 0 radical (unpaired) electrons. The highest BCUT2D eigenvalue weighted by atomic mass is 79.9. The summed E-state index contributed by atoms with van der Waals surface area (Å²) in [6.07, 6.45) is -0.882. The number of halogens is 1. The molecule has 2 aromatic carbocycles. The molecule has 4 nitrogen and oxygen atoms in total. The van der Waals surface area contributed by atoms with Crippen LogP contribution in [0.1, 0.15) is 22.8 Å². The quantitative estimate of drug-likeness (QED) is 0.839. The maximum atomic E-state index is 12.1. The summed E-state index contributed by atoms with van der Waals surface area (Å²) >= 11 is 3.29. The Labute approximate surface area is 137 Å². The summed E-state index contributed by atoms with van der Waals surface area (Å²) in [5.41, 5.74) is 2.11. The van der Waals surface area contributed by atoms with Crippen molar-refractivity contribution in [3.8, 4) is 0 Å². The molecule has 0 aliphatic rings. The first kappa shape index (κ1) is 16.2. The molecule has 0 heterocycles. The minimum atomic E-state index is -0.882. The van der Waals surface area contributed by atoms with E-state index < -0.39 is 12.1 Å². The Bertz CT molecular complexity index is 700. The summed E-state index contributed by atoms with van der Waals surface area (Å²) in [6.45, 7) is 3.48. The van der Waals surface area contributed by atoms with E-state index in [0.717, 1.165) is 10.0 Å². The largest absolute Gasteiger partial charge is 0.449 e. The lowest BCUT2D eigenvalue weighted by Gasteiger charge is -2.14. The van der Waals surface area contributed by atoms with Gasteiger partial charge in [-0.05, 0) is 49.7 Å². The lowest BCUT2D eigenvalue weighted by molar-refractivity contribution is -0.123. The average molecular weight is 362 g/mol. The van der Waals surface area contributed by atoms with Gasteiger partial charge in [-0.3, -0.25) is 4.79 Å². The molecule has 114 valence electrons. The van der Waals surface area contributed by atoms with Crippen molar-refractivity contribution in [3.63, 3.8) is 0 Å². The molecule has 0 unspecified atom stereocenters. The molecule has 2 aromatic rings. The minimum absolute atomic E-state index is 0.367. The molecule has 0 spiro atoms. The Hall–Kier alpha value is -2.14. The van der Waals surface area contributed by atoms with Gasteiger partial charge in [0, 0.05) is 10.2 Å². The molecule has 0 aliphatic carbocycles. The van der Waals surface area contributed by atoms with Gasteiger partial charge in [-0.2, -0.15) is 0 Å². The van der Waals surface area contributed by atoms with Crippen LogP contribution in [-0.2, 0) is 9.53 Å². The van der Waals surface area contributed by atoms with Crippen molar-refractivity contribution >= 4 is 33.5 Å². The summed E-state index contributed by atoms with van der Waals surface area (Å²) in [5, 5.41) is 2.73. The molecule has 22 heavy (non-hydrogen) atoms. The lowest BCUT2D eigenvalue weighted by atomic mass is 10.2. The first-order chi connectivity index (χ1) is 10.5. The van der Waals surface area contributed by atoms with E-state index in [1.54, 1.807) is 31.2 Å². The molecule has 2 rings (SSSR count). The summed E-state index contributed by atoms with van der Waals surface area (Å²) in [5.74, 6) is -0.901. The number of rotatable bonds is 4.